The first-order valence-electron chi connectivity index (χ1n) is 48.6. The molecule has 14 atom stereocenters. The maximum atomic E-state index is 15.4. The highest BCUT2D eigenvalue weighted by Crippen LogP contribution is 2.30. The van der Waals surface area contributed by atoms with E-state index in [1.807, 2.05) is 13.8 Å². The van der Waals surface area contributed by atoms with E-state index in [4.69, 9.17) is 9.47 Å². The number of carboxylic acids is 4. The molecular formula is C102H132N14O30S3. The van der Waals surface area contributed by atoms with Gasteiger partial charge >= 0.3 is 23.9 Å². The number of aryl methyl sites for hydroxylation is 1. The van der Waals surface area contributed by atoms with Crippen LogP contribution in [0.1, 0.15) is 159 Å². The van der Waals surface area contributed by atoms with Gasteiger partial charge in [-0.3, -0.25) is 86.3 Å². The number of rotatable bonds is 55. The van der Waals surface area contributed by atoms with E-state index in [2.05, 4.69) is 68.8 Å². The molecule has 0 saturated carbocycles. The highest BCUT2D eigenvalue weighted by molar-refractivity contribution is 8.76. The average Bonchev–Trinajstić information content (AvgIpc) is 1.24. The van der Waals surface area contributed by atoms with E-state index in [1.165, 1.54) is 129 Å². The second-order valence-corrected chi connectivity index (χ2v) is 40.5. The third kappa shape index (κ3) is 44.4. The van der Waals surface area contributed by atoms with Crippen LogP contribution >= 0.6 is 33.3 Å². The molecule has 7 rings (SSSR count). The molecule has 1 aliphatic rings. The van der Waals surface area contributed by atoms with Crippen molar-refractivity contribution in [2.45, 2.75) is 237 Å². The standard InChI is InChI=1S/C102H132N14O30S3/c1-57(2)43-66(50-85(125)74(103-60(6)117)45-62-18-26-69(118)27-19-62)94(134)107-77(52-89(129)130)82(122)16-12-38-145-40-41-146-39-37-116-54-68(114-115-116)15-11-17-87(127)104-75(46-63-20-28-70(119)29-21-63)86(126)51-67-55-148-149-56-81(100(140)109-79(49-65-24-32-72(121)33-25-65)98(138)106-73(36-42-147-7)96(136)110-80(53-90(131)132)99(139)112-91(58(3)4)101(141)142)111-93(133)59(5)44-84(124)76(47-64-22-30-71(120)31-23-64)108-97(137)78(48-61-13-9-8-10-14-61)105-88(128)35-34-83(123)92(102(143)144)113-95(67)135/h8-10,13-14,18-33,54,57-59,66-67,73-81,91-92,118-121H,11-12,15-17,34-53,55-56H2,1-7H3,(H,103,117)(H,104,127)(H,105,128)(H,106,138)(H,107,134)(H,108,137)(H,109,140)(H,110,136)(H,111,133)(H,112,139)(H,113,135)(H,129,130)(H,131,132)(H,141,142)(H,143,144)/t59-,66-,67+,73+,74-,75+,76+,77-,78-,79+,80+,81+,91+,92-/m0/s1. The number of phenols is 4. The van der Waals surface area contributed by atoms with Crippen molar-refractivity contribution >= 4 is 151 Å². The fourth-order valence-electron chi connectivity index (χ4n) is 15.8. The summed E-state index contributed by atoms with van der Waals surface area (Å²) in [6.45, 7) is 9.73. The minimum absolute atomic E-state index is 0.000374. The highest BCUT2D eigenvalue weighted by atomic mass is 33.1. The number of thioether (sulfide) groups is 1. The van der Waals surface area contributed by atoms with Crippen LogP contribution in [0.5, 0.6) is 23.0 Å². The molecule has 808 valence electrons. The molecule has 149 heavy (non-hydrogen) atoms. The number of aromatic nitrogens is 3. The van der Waals surface area contributed by atoms with Crippen LogP contribution in [-0.2, 0) is 150 Å². The maximum Gasteiger partial charge on any atom is 0.334 e. The van der Waals surface area contributed by atoms with E-state index in [-0.39, 0.29) is 150 Å². The van der Waals surface area contributed by atoms with Crippen LogP contribution in [0, 0.1) is 29.6 Å². The molecule has 0 bridgehead atoms. The number of Topliss-reactive ketones (excluding diaryl/α,β-unsaturated/α-hetero) is 5. The minimum atomic E-state index is -2.41. The van der Waals surface area contributed by atoms with Gasteiger partial charge in [-0.2, -0.15) is 11.8 Å². The number of nitrogens with one attached hydrogen (secondary N) is 11. The summed E-state index contributed by atoms with van der Waals surface area (Å²) in [5.41, 5.74) is 2.63. The molecule has 1 aliphatic heterocycles. The summed E-state index contributed by atoms with van der Waals surface area (Å²) in [5, 5.41) is 117. The van der Waals surface area contributed by atoms with Crippen LogP contribution in [0.3, 0.4) is 0 Å². The van der Waals surface area contributed by atoms with Crippen LogP contribution < -0.4 is 58.5 Å². The number of aromatic hydroxyl groups is 4. The van der Waals surface area contributed by atoms with Crippen molar-refractivity contribution < 1.29 is 146 Å². The Hall–Kier alpha value is -14.2. The second-order valence-electron chi connectivity index (χ2n) is 37.0. The van der Waals surface area contributed by atoms with Crippen LogP contribution in [0.15, 0.2) is 134 Å². The number of aliphatic carboxylic acids is 4. The predicted molar refractivity (Wildman–Crippen MR) is 544 cm³/mol. The Morgan fingerprint density at radius 3 is 1.60 bits per heavy atom. The van der Waals surface area contributed by atoms with Crippen LogP contribution in [0.2, 0.25) is 0 Å². The van der Waals surface area contributed by atoms with Gasteiger partial charge in [-0.05, 0) is 152 Å². The summed E-state index contributed by atoms with van der Waals surface area (Å²) in [6.07, 6.45) is -3.05. The molecule has 11 amide bonds. The van der Waals surface area contributed by atoms with Crippen LogP contribution in [-0.4, -0.2) is 290 Å². The molecule has 47 heteroatoms. The lowest BCUT2D eigenvalue weighted by Crippen LogP contribution is -2.60. The third-order valence-electron chi connectivity index (χ3n) is 23.8. The summed E-state index contributed by atoms with van der Waals surface area (Å²) in [7, 11) is 1.54. The van der Waals surface area contributed by atoms with Gasteiger partial charge in [-0.1, -0.05) is 140 Å². The molecular weight excluding hydrogens is 2000 g/mol. The fourth-order valence-corrected chi connectivity index (χ4v) is 18.7. The Balaban J connectivity index is 1.09. The predicted octanol–water partition coefficient (Wildman–Crippen LogP) is 3.44. The topological polar surface area (TPSA) is 685 Å². The fraction of sp³-hybridized carbons (Fsp3) is 0.490. The zero-order valence-corrected chi connectivity index (χ0v) is 86.1. The molecule has 1 saturated heterocycles. The van der Waals surface area contributed by atoms with E-state index in [9.17, 15) is 118 Å². The number of hydrogen-bond donors (Lipinski definition) is 19. The van der Waals surface area contributed by atoms with Crippen molar-refractivity contribution in [2.75, 3.05) is 49.9 Å². The van der Waals surface area contributed by atoms with Gasteiger partial charge in [0.15, 0.2) is 35.0 Å². The molecule has 2 heterocycles. The Bertz CT molecular complexity index is 5570. The van der Waals surface area contributed by atoms with E-state index >= 15 is 19.2 Å². The zero-order chi connectivity index (χ0) is 110. The number of benzene rings is 5. The first-order valence-corrected chi connectivity index (χ1v) is 52.4. The Labute approximate surface area is 872 Å². The van der Waals surface area contributed by atoms with Crippen molar-refractivity contribution in [2.24, 2.45) is 29.6 Å². The molecule has 6 aromatic rings. The number of ketones is 5. The number of phenolic OH excluding ortho intramolecular Hbond substituents is 4. The van der Waals surface area contributed by atoms with E-state index < -0.39 is 264 Å². The van der Waals surface area contributed by atoms with Crippen molar-refractivity contribution in [3.05, 3.63) is 167 Å². The number of nitrogens with zero attached hydrogens (tertiary/aromatic N) is 3. The molecule has 0 spiro atoms. The van der Waals surface area contributed by atoms with Gasteiger partial charge < -0.3 is 109 Å². The maximum absolute atomic E-state index is 15.4. The SMILES string of the molecule is CSCC[C@@H](NC(=O)[C@@H](Cc1ccc(O)cc1)NC(=O)[C@H]1CSSC[C@@H](CC(=O)[C@@H](Cc2ccc(O)cc2)NC(=O)CCCc2cn(CCOCCOCCCC(=O)[C@H](CC(=O)O)NC(=O)[C@H](CC(=O)[C@H](Cc3ccc(O)cc3)NC(C)=O)CC(C)C)nn2)C(=O)N[C@H](C(=O)O)C(=O)CCC(=O)N[C@@H](Cc2ccccc2)C(=O)N[C@H](Cc2ccc(O)cc2)C(=O)C[C@H](C)C(=O)N1)C(=O)N[C@H](CC(=O)O)C(=O)N[C@@H](C(=O)O)C(C)C. The Morgan fingerprint density at radius 2 is 1.03 bits per heavy atom. The number of carboxylic acid groups (broad SMARTS) is 4. The van der Waals surface area contributed by atoms with Gasteiger partial charge in [0.1, 0.15) is 59.2 Å². The number of hydrogen-bond acceptors (Lipinski definition) is 31. The van der Waals surface area contributed by atoms with Crippen molar-refractivity contribution in [1.82, 2.24) is 73.5 Å². The summed E-state index contributed by atoms with van der Waals surface area (Å²) < 4.78 is 12.9. The first kappa shape index (κ1) is 122. The van der Waals surface area contributed by atoms with Crippen molar-refractivity contribution in [1.29, 1.82) is 0 Å². The van der Waals surface area contributed by atoms with Crippen LogP contribution in [0.4, 0.5) is 0 Å². The number of amides is 11. The lowest BCUT2D eigenvalue weighted by Gasteiger charge is -2.27. The molecule has 0 unspecified atom stereocenters. The zero-order valence-electron chi connectivity index (χ0n) is 83.7. The summed E-state index contributed by atoms with van der Waals surface area (Å²) in [4.78, 5) is 278. The van der Waals surface area contributed by atoms with Gasteiger partial charge in [0.25, 0.3) is 0 Å². The van der Waals surface area contributed by atoms with E-state index in [0.717, 1.165) is 21.6 Å². The monoisotopic (exact) mass is 2130 g/mol. The third-order valence-corrected chi connectivity index (χ3v) is 27.0. The highest BCUT2D eigenvalue weighted by Gasteiger charge is 2.40. The lowest BCUT2D eigenvalue weighted by atomic mass is 9.88. The van der Waals surface area contributed by atoms with Gasteiger partial charge in [0, 0.05) is 101 Å². The van der Waals surface area contributed by atoms with Crippen LogP contribution in [0.25, 0.3) is 0 Å². The first-order chi connectivity index (χ1) is 70.8. The van der Waals surface area contributed by atoms with Crippen molar-refractivity contribution in [3.63, 3.8) is 0 Å². The molecule has 19 N–H and O–H groups in total. The molecule has 1 aromatic heterocycles. The smallest absolute Gasteiger partial charge is 0.334 e. The summed E-state index contributed by atoms with van der Waals surface area (Å²) in [5.74, 6) is -27.0. The quantitative estimate of drug-likeness (QED) is 0.0148. The largest absolute Gasteiger partial charge is 0.508 e. The number of carbonyl (C=O) groups is 20. The van der Waals surface area contributed by atoms with Crippen molar-refractivity contribution in [3.8, 4) is 23.0 Å². The Kier molecular flexibility index (Phi) is 51.3. The normalized spacial score (nSPS) is 17.8. The molecule has 44 nitrogen and oxygen atoms in total. The van der Waals surface area contributed by atoms with Gasteiger partial charge in [0.2, 0.25) is 65.0 Å². The lowest BCUT2D eigenvalue weighted by molar-refractivity contribution is -0.147. The van der Waals surface area contributed by atoms with E-state index in [0.29, 0.717) is 27.9 Å². The van der Waals surface area contributed by atoms with E-state index in [1.54, 1.807) is 54.9 Å². The number of ether oxygens (including phenoxy) is 2. The average molecular weight is 2130 g/mol. The molecule has 0 radical (unpaired) electrons. The van der Waals surface area contributed by atoms with Gasteiger partial charge in [-0.15, -0.1) is 5.10 Å². The summed E-state index contributed by atoms with van der Waals surface area (Å²) >= 11 is 1.21. The molecule has 5 aromatic carbocycles. The van der Waals surface area contributed by atoms with Gasteiger partial charge in [-0.25, -0.2) is 14.3 Å². The molecule has 0 aliphatic carbocycles. The molecule has 1 fully saturated rings. The van der Waals surface area contributed by atoms with Gasteiger partial charge in [0.05, 0.1) is 75.0 Å². The minimum Gasteiger partial charge on any atom is -0.508 e. The number of carbonyl (C=O) groups excluding carboxylic acids is 16. The Morgan fingerprint density at radius 1 is 0.503 bits per heavy atom. The second kappa shape index (κ2) is 62.8. The summed E-state index contributed by atoms with van der Waals surface area (Å²) in [6, 6.07) is 12.7.